The molecule has 0 aliphatic carbocycles. The molecular formula is C23H16ClN5O3. The number of nitro groups is 1. The van der Waals surface area contributed by atoms with E-state index in [1.54, 1.807) is 24.3 Å². The van der Waals surface area contributed by atoms with E-state index < -0.39 is 10.8 Å². The van der Waals surface area contributed by atoms with Crippen LogP contribution in [0.2, 0.25) is 5.02 Å². The normalized spacial score (nSPS) is 10.4. The molecule has 0 saturated heterocycles. The van der Waals surface area contributed by atoms with E-state index in [0.717, 1.165) is 23.0 Å². The Morgan fingerprint density at radius 1 is 0.906 bits per heavy atom. The van der Waals surface area contributed by atoms with Crippen LogP contribution in [-0.2, 0) is 0 Å². The van der Waals surface area contributed by atoms with Crippen LogP contribution in [0.1, 0.15) is 10.4 Å². The molecule has 8 nitrogen and oxygen atoms in total. The zero-order chi connectivity index (χ0) is 22.5. The Morgan fingerprint density at radius 3 is 2.34 bits per heavy atom. The highest BCUT2D eigenvalue weighted by Gasteiger charge is 2.20. The molecule has 1 heterocycles. The summed E-state index contributed by atoms with van der Waals surface area (Å²) in [7, 11) is 0. The number of hydrogen-bond acceptors (Lipinski definition) is 6. The quantitative estimate of drug-likeness (QED) is 0.291. The van der Waals surface area contributed by atoms with Crippen LogP contribution in [0.3, 0.4) is 0 Å². The van der Waals surface area contributed by atoms with Gasteiger partial charge in [-0.2, -0.15) is 0 Å². The lowest BCUT2D eigenvalue weighted by molar-refractivity contribution is -0.385. The Labute approximate surface area is 188 Å². The summed E-state index contributed by atoms with van der Waals surface area (Å²) in [6.45, 7) is 0. The highest BCUT2D eigenvalue weighted by Crippen LogP contribution is 2.25. The summed E-state index contributed by atoms with van der Waals surface area (Å²) in [6.07, 6.45) is 1.48. The molecule has 0 atom stereocenters. The Balaban J connectivity index is 1.46. The minimum absolute atomic E-state index is 0.0731. The minimum Gasteiger partial charge on any atom is -0.340 e. The van der Waals surface area contributed by atoms with Crippen LogP contribution in [0.15, 0.2) is 85.2 Å². The molecule has 4 aromatic rings. The molecule has 0 radical (unpaired) electrons. The smallest absolute Gasteiger partial charge is 0.283 e. The summed E-state index contributed by atoms with van der Waals surface area (Å²) < 4.78 is 0. The van der Waals surface area contributed by atoms with Crippen molar-refractivity contribution in [1.82, 2.24) is 9.97 Å². The number of anilines is 3. The van der Waals surface area contributed by atoms with Crippen molar-refractivity contribution >= 4 is 40.4 Å². The fourth-order valence-corrected chi connectivity index (χ4v) is 3.19. The van der Waals surface area contributed by atoms with Crippen molar-refractivity contribution in [2.24, 2.45) is 0 Å². The number of carbonyl (C=O) groups excluding carboxylic acids is 1. The number of rotatable bonds is 6. The molecule has 2 N–H and O–H groups in total. The third kappa shape index (κ3) is 4.88. The second-order valence-corrected chi connectivity index (χ2v) is 7.17. The van der Waals surface area contributed by atoms with Crippen molar-refractivity contribution in [3.63, 3.8) is 0 Å². The van der Waals surface area contributed by atoms with E-state index in [0.29, 0.717) is 11.5 Å². The van der Waals surface area contributed by atoms with Crippen molar-refractivity contribution < 1.29 is 9.72 Å². The van der Waals surface area contributed by atoms with Crippen molar-refractivity contribution in [2.75, 3.05) is 10.6 Å². The lowest BCUT2D eigenvalue weighted by Gasteiger charge is -2.09. The van der Waals surface area contributed by atoms with Crippen LogP contribution < -0.4 is 10.6 Å². The van der Waals surface area contributed by atoms with E-state index in [2.05, 4.69) is 20.6 Å². The average Bonchev–Trinajstić information content (AvgIpc) is 2.81. The van der Waals surface area contributed by atoms with Gasteiger partial charge in [0.15, 0.2) is 0 Å². The zero-order valence-corrected chi connectivity index (χ0v) is 17.3. The van der Waals surface area contributed by atoms with Crippen molar-refractivity contribution in [3.8, 4) is 11.3 Å². The van der Waals surface area contributed by atoms with Crippen LogP contribution in [0.25, 0.3) is 11.3 Å². The molecule has 0 aliphatic heterocycles. The molecule has 0 unspecified atom stereocenters. The maximum absolute atomic E-state index is 12.5. The lowest BCUT2D eigenvalue weighted by atomic mass is 10.1. The van der Waals surface area contributed by atoms with Gasteiger partial charge >= 0.3 is 0 Å². The number of benzene rings is 3. The van der Waals surface area contributed by atoms with Gasteiger partial charge in [-0.05, 0) is 36.4 Å². The summed E-state index contributed by atoms with van der Waals surface area (Å²) in [5.41, 5.74) is 2.57. The predicted molar refractivity (Wildman–Crippen MR) is 123 cm³/mol. The van der Waals surface area contributed by atoms with Crippen molar-refractivity contribution in [3.05, 3.63) is 106 Å². The molecule has 4 rings (SSSR count). The number of amides is 1. The largest absolute Gasteiger partial charge is 0.340 e. The van der Waals surface area contributed by atoms with Gasteiger partial charge in [0, 0.05) is 34.1 Å². The zero-order valence-electron chi connectivity index (χ0n) is 16.5. The van der Waals surface area contributed by atoms with E-state index in [9.17, 15) is 14.9 Å². The second kappa shape index (κ2) is 9.23. The van der Waals surface area contributed by atoms with Crippen molar-refractivity contribution in [1.29, 1.82) is 0 Å². The molecule has 0 aliphatic rings. The van der Waals surface area contributed by atoms with Crippen LogP contribution in [0.4, 0.5) is 22.9 Å². The van der Waals surface area contributed by atoms with Gasteiger partial charge in [-0.15, -0.1) is 0 Å². The summed E-state index contributed by atoms with van der Waals surface area (Å²) in [6, 6.07) is 22.4. The van der Waals surface area contributed by atoms with Crippen molar-refractivity contribution in [2.45, 2.75) is 0 Å². The van der Waals surface area contributed by atoms with Gasteiger partial charge in [-0.3, -0.25) is 14.9 Å². The molecule has 3 aromatic carbocycles. The number of nitrogens with one attached hydrogen (secondary N) is 2. The van der Waals surface area contributed by atoms with Crippen LogP contribution in [-0.4, -0.2) is 20.8 Å². The third-order valence-electron chi connectivity index (χ3n) is 4.55. The summed E-state index contributed by atoms with van der Waals surface area (Å²) >= 11 is 5.80. The van der Waals surface area contributed by atoms with E-state index >= 15 is 0 Å². The van der Waals surface area contributed by atoms with E-state index in [1.165, 1.54) is 18.5 Å². The van der Waals surface area contributed by atoms with Gasteiger partial charge in [0.2, 0.25) is 0 Å². The molecule has 32 heavy (non-hydrogen) atoms. The van der Waals surface area contributed by atoms with E-state index in [-0.39, 0.29) is 16.3 Å². The van der Waals surface area contributed by atoms with Gasteiger partial charge in [-0.1, -0.05) is 41.9 Å². The number of hydrogen-bond donors (Lipinski definition) is 2. The first-order valence-electron chi connectivity index (χ1n) is 9.49. The first-order valence-corrected chi connectivity index (χ1v) is 9.87. The lowest BCUT2D eigenvalue weighted by Crippen LogP contribution is -2.13. The van der Waals surface area contributed by atoms with Crippen LogP contribution in [0.5, 0.6) is 0 Å². The molecule has 0 saturated carbocycles. The Morgan fingerprint density at radius 2 is 1.62 bits per heavy atom. The SMILES string of the molecule is O=C(Nc1ccc(Nc2cc(-c3ccccc3)ncn2)cc1)c1ccc(Cl)cc1[N+](=O)[O-]. The maximum Gasteiger partial charge on any atom is 0.283 e. The van der Waals surface area contributed by atoms with Gasteiger partial charge in [0.1, 0.15) is 17.7 Å². The first kappa shape index (κ1) is 21.0. The van der Waals surface area contributed by atoms with Crippen LogP contribution >= 0.6 is 11.6 Å². The Hall–Kier alpha value is -4.30. The predicted octanol–water partition coefficient (Wildman–Crippen LogP) is 5.70. The van der Waals surface area contributed by atoms with Crippen LogP contribution in [0, 0.1) is 10.1 Å². The molecule has 1 amide bonds. The number of halogens is 1. The second-order valence-electron chi connectivity index (χ2n) is 6.73. The summed E-state index contributed by atoms with van der Waals surface area (Å²) in [5, 5.41) is 17.2. The monoisotopic (exact) mass is 445 g/mol. The molecule has 1 aromatic heterocycles. The van der Waals surface area contributed by atoms with E-state index in [4.69, 9.17) is 11.6 Å². The first-order chi connectivity index (χ1) is 15.5. The number of nitrogens with zero attached hydrogens (tertiary/aromatic N) is 3. The topological polar surface area (TPSA) is 110 Å². The van der Waals surface area contributed by atoms with E-state index in [1.807, 2.05) is 36.4 Å². The summed E-state index contributed by atoms with van der Waals surface area (Å²) in [5.74, 6) is 0.0183. The molecule has 9 heteroatoms. The average molecular weight is 446 g/mol. The molecule has 0 fully saturated rings. The summed E-state index contributed by atoms with van der Waals surface area (Å²) in [4.78, 5) is 31.6. The third-order valence-corrected chi connectivity index (χ3v) is 4.79. The molecule has 0 bridgehead atoms. The minimum atomic E-state index is -0.640. The molecule has 158 valence electrons. The number of nitro benzene ring substituents is 1. The number of aromatic nitrogens is 2. The number of carbonyl (C=O) groups is 1. The highest BCUT2D eigenvalue weighted by molar-refractivity contribution is 6.31. The van der Waals surface area contributed by atoms with Gasteiger partial charge in [0.05, 0.1) is 10.6 Å². The van der Waals surface area contributed by atoms with Gasteiger partial charge in [-0.25, -0.2) is 9.97 Å². The van der Waals surface area contributed by atoms with Gasteiger partial charge < -0.3 is 10.6 Å². The fraction of sp³-hybridized carbons (Fsp3) is 0. The highest BCUT2D eigenvalue weighted by atomic mass is 35.5. The Bertz CT molecular complexity index is 1280. The molecular weight excluding hydrogens is 430 g/mol. The maximum atomic E-state index is 12.5. The van der Waals surface area contributed by atoms with Gasteiger partial charge in [0.25, 0.3) is 11.6 Å². The standard InChI is InChI=1S/C23H16ClN5O3/c24-16-6-11-19(21(12-16)29(31)32)23(30)28-18-9-7-17(8-10-18)27-22-13-20(25-14-26-22)15-4-2-1-3-5-15/h1-14H,(H,28,30)(H,25,26,27). The Kier molecular flexibility index (Phi) is 6.05. The molecule has 0 spiro atoms. The fourth-order valence-electron chi connectivity index (χ4n) is 3.02.